The summed E-state index contributed by atoms with van der Waals surface area (Å²) in [5, 5.41) is 4.61. The summed E-state index contributed by atoms with van der Waals surface area (Å²) >= 11 is 0. The van der Waals surface area contributed by atoms with Crippen molar-refractivity contribution in [2.45, 2.75) is 0 Å². The molecule has 2 heterocycles. The molecule has 0 aliphatic carbocycles. The summed E-state index contributed by atoms with van der Waals surface area (Å²) in [6.07, 6.45) is 0. The van der Waals surface area contributed by atoms with Crippen LogP contribution in [0, 0.1) is 0 Å². The first kappa shape index (κ1) is 29.1. The molecule has 51 heavy (non-hydrogen) atoms. The van der Waals surface area contributed by atoms with Crippen LogP contribution < -0.4 is 4.90 Å². The fraction of sp³-hybridized carbons (Fsp3) is 0. The minimum Gasteiger partial charge on any atom is -0.456 e. The minimum atomic E-state index is 0.861. The molecule has 2 aromatic heterocycles. The van der Waals surface area contributed by atoms with Gasteiger partial charge in [0, 0.05) is 44.7 Å². The number of rotatable bonds is 6. The highest BCUT2D eigenvalue weighted by Gasteiger charge is 2.26. The van der Waals surface area contributed by atoms with Gasteiger partial charge in [-0.15, -0.1) is 0 Å². The van der Waals surface area contributed by atoms with Crippen LogP contribution in [0.4, 0.5) is 17.1 Å². The second kappa shape index (κ2) is 11.9. The molecule has 8 aromatic carbocycles. The van der Waals surface area contributed by atoms with Gasteiger partial charge in [0.25, 0.3) is 0 Å². The molecule has 0 aliphatic heterocycles. The van der Waals surface area contributed by atoms with Gasteiger partial charge in [-0.3, -0.25) is 0 Å². The van der Waals surface area contributed by atoms with E-state index in [2.05, 4.69) is 198 Å². The van der Waals surface area contributed by atoms with E-state index in [1.165, 1.54) is 27.5 Å². The highest BCUT2D eigenvalue weighted by molar-refractivity contribution is 6.30. The summed E-state index contributed by atoms with van der Waals surface area (Å²) in [5.74, 6) is 0. The van der Waals surface area contributed by atoms with Crippen LogP contribution in [0.15, 0.2) is 199 Å². The van der Waals surface area contributed by atoms with Gasteiger partial charge in [-0.25, -0.2) is 0 Å². The van der Waals surface area contributed by atoms with Crippen molar-refractivity contribution in [1.82, 2.24) is 4.57 Å². The van der Waals surface area contributed by atoms with Gasteiger partial charge < -0.3 is 13.9 Å². The van der Waals surface area contributed by atoms with Gasteiger partial charge in [0.05, 0.1) is 16.7 Å². The zero-order valence-corrected chi connectivity index (χ0v) is 27.8. The van der Waals surface area contributed by atoms with Crippen molar-refractivity contribution in [1.29, 1.82) is 0 Å². The number of aromatic nitrogens is 1. The summed E-state index contributed by atoms with van der Waals surface area (Å²) in [6.45, 7) is 0. The third kappa shape index (κ3) is 4.82. The number of furan rings is 1. The Kier molecular flexibility index (Phi) is 6.81. The van der Waals surface area contributed by atoms with E-state index >= 15 is 0 Å². The van der Waals surface area contributed by atoms with Crippen molar-refractivity contribution in [2.24, 2.45) is 0 Å². The van der Waals surface area contributed by atoms with Gasteiger partial charge in [0.15, 0.2) is 0 Å². The predicted molar refractivity (Wildman–Crippen MR) is 214 cm³/mol. The summed E-state index contributed by atoms with van der Waals surface area (Å²) < 4.78 is 9.15. The molecule has 0 radical (unpaired) electrons. The summed E-state index contributed by atoms with van der Waals surface area (Å²) in [6, 6.07) is 69.0. The maximum atomic E-state index is 6.72. The SMILES string of the molecule is c1ccc(-c2ccc(N(c3cccc(-c4ccccc4)c3)c3cc4oc5ccccc5c4c4c5ccccc5n(-c5ccccc5)c34)cc2)cc1. The second-order valence-corrected chi connectivity index (χ2v) is 12.9. The number of hydrogen-bond acceptors (Lipinski definition) is 2. The smallest absolute Gasteiger partial charge is 0.138 e. The monoisotopic (exact) mass is 652 g/mol. The van der Waals surface area contributed by atoms with Crippen molar-refractivity contribution < 1.29 is 4.42 Å². The summed E-state index contributed by atoms with van der Waals surface area (Å²) in [5.41, 5.74) is 13.0. The molecule has 0 spiro atoms. The van der Waals surface area contributed by atoms with Crippen LogP contribution in [0.1, 0.15) is 0 Å². The second-order valence-electron chi connectivity index (χ2n) is 12.9. The van der Waals surface area contributed by atoms with E-state index in [-0.39, 0.29) is 0 Å². The van der Waals surface area contributed by atoms with Crippen LogP contribution in [0.25, 0.3) is 71.7 Å². The minimum absolute atomic E-state index is 0.861. The number of para-hydroxylation sites is 3. The van der Waals surface area contributed by atoms with Crippen LogP contribution in [0.2, 0.25) is 0 Å². The molecule has 3 nitrogen and oxygen atoms in total. The average molecular weight is 653 g/mol. The standard InChI is InChI=1S/C48H32N2O/c1-4-15-33(16-5-1)35-27-29-38(30-28-35)49(39-22-14-19-36(31-39)34-17-6-2-7-18-34)43-32-45-46(41-24-11-13-26-44(41)51-45)47-40-23-10-12-25-42(40)50(48(43)47)37-20-8-3-9-21-37/h1-32H. The van der Waals surface area contributed by atoms with E-state index in [9.17, 15) is 0 Å². The van der Waals surface area contributed by atoms with Crippen LogP contribution in [0.3, 0.4) is 0 Å². The van der Waals surface area contributed by atoms with Gasteiger partial charge in [0.1, 0.15) is 11.2 Å². The molecule has 0 unspecified atom stereocenters. The van der Waals surface area contributed by atoms with Gasteiger partial charge in [0.2, 0.25) is 0 Å². The zero-order valence-electron chi connectivity index (χ0n) is 27.8. The quantitative estimate of drug-likeness (QED) is 0.178. The van der Waals surface area contributed by atoms with Crippen molar-refractivity contribution in [3.8, 4) is 27.9 Å². The normalized spacial score (nSPS) is 11.5. The lowest BCUT2D eigenvalue weighted by molar-refractivity contribution is 0.669. The van der Waals surface area contributed by atoms with Crippen LogP contribution in [0.5, 0.6) is 0 Å². The Bertz CT molecular complexity index is 2830. The molecule has 0 fully saturated rings. The Morgan fingerprint density at radius 1 is 0.392 bits per heavy atom. The van der Waals surface area contributed by atoms with Gasteiger partial charge >= 0.3 is 0 Å². The lowest BCUT2D eigenvalue weighted by Crippen LogP contribution is -2.12. The molecule has 0 atom stereocenters. The predicted octanol–water partition coefficient (Wildman–Crippen LogP) is 13.5. The first-order chi connectivity index (χ1) is 25.3. The molecule has 0 amide bonds. The van der Waals surface area contributed by atoms with Gasteiger partial charge in [-0.2, -0.15) is 0 Å². The average Bonchev–Trinajstić information content (AvgIpc) is 3.75. The fourth-order valence-corrected chi connectivity index (χ4v) is 7.68. The van der Waals surface area contributed by atoms with Crippen molar-refractivity contribution in [3.05, 3.63) is 194 Å². The number of fused-ring (bicyclic) bond motifs is 7. The maximum Gasteiger partial charge on any atom is 0.138 e. The molecular weight excluding hydrogens is 621 g/mol. The van der Waals surface area contributed by atoms with Crippen molar-refractivity contribution in [3.63, 3.8) is 0 Å². The Hall–Kier alpha value is -6.84. The Morgan fingerprint density at radius 2 is 0.980 bits per heavy atom. The molecule has 10 rings (SSSR count). The lowest BCUT2D eigenvalue weighted by atomic mass is 10.0. The topological polar surface area (TPSA) is 21.3 Å². The number of nitrogens with zero attached hydrogens (tertiary/aromatic N) is 2. The van der Waals surface area contributed by atoms with Gasteiger partial charge in [-0.05, 0) is 70.8 Å². The molecule has 0 N–H and O–H groups in total. The summed E-state index contributed by atoms with van der Waals surface area (Å²) in [4.78, 5) is 2.40. The summed E-state index contributed by atoms with van der Waals surface area (Å²) in [7, 11) is 0. The third-order valence-electron chi connectivity index (χ3n) is 9.96. The van der Waals surface area contributed by atoms with E-state index in [4.69, 9.17) is 4.42 Å². The number of benzene rings is 8. The van der Waals surface area contributed by atoms with Crippen LogP contribution >= 0.6 is 0 Å². The first-order valence-electron chi connectivity index (χ1n) is 17.4. The van der Waals surface area contributed by atoms with Crippen molar-refractivity contribution >= 4 is 60.8 Å². The Labute approximate surface area is 295 Å². The van der Waals surface area contributed by atoms with E-state index in [0.717, 1.165) is 61.3 Å². The molecule has 240 valence electrons. The zero-order chi connectivity index (χ0) is 33.7. The van der Waals surface area contributed by atoms with E-state index in [0.29, 0.717) is 0 Å². The molecular formula is C48H32N2O. The van der Waals surface area contributed by atoms with Crippen molar-refractivity contribution in [2.75, 3.05) is 4.90 Å². The molecule has 0 bridgehead atoms. The fourth-order valence-electron chi connectivity index (χ4n) is 7.68. The number of anilines is 3. The largest absolute Gasteiger partial charge is 0.456 e. The highest BCUT2D eigenvalue weighted by atomic mass is 16.3. The maximum absolute atomic E-state index is 6.72. The first-order valence-corrected chi connectivity index (χ1v) is 17.4. The highest BCUT2D eigenvalue weighted by Crippen LogP contribution is 2.49. The molecule has 0 saturated heterocycles. The van der Waals surface area contributed by atoms with E-state index in [1.54, 1.807) is 0 Å². The van der Waals surface area contributed by atoms with Crippen LogP contribution in [-0.4, -0.2) is 4.57 Å². The van der Waals surface area contributed by atoms with Crippen LogP contribution in [-0.2, 0) is 0 Å². The van der Waals surface area contributed by atoms with Gasteiger partial charge in [-0.1, -0.05) is 140 Å². The lowest BCUT2D eigenvalue weighted by Gasteiger charge is -2.28. The van der Waals surface area contributed by atoms with E-state index in [1.807, 2.05) is 6.07 Å². The van der Waals surface area contributed by atoms with E-state index < -0.39 is 0 Å². The Morgan fingerprint density at radius 3 is 1.73 bits per heavy atom. The Balaban J connectivity index is 1.34. The molecule has 0 aliphatic rings. The molecule has 3 heteroatoms. The molecule has 0 saturated carbocycles. The number of hydrogen-bond donors (Lipinski definition) is 0. The third-order valence-corrected chi connectivity index (χ3v) is 9.96. The molecule has 10 aromatic rings.